The molecular formula is C16H18N4O7S. The van der Waals surface area contributed by atoms with E-state index in [1.54, 1.807) is 6.26 Å². The number of nitrogens with zero attached hydrogens (tertiary/aromatic N) is 3. The third-order valence-electron chi connectivity index (χ3n) is 3.30. The van der Waals surface area contributed by atoms with Crippen LogP contribution in [-0.2, 0) is 28.6 Å². The summed E-state index contributed by atoms with van der Waals surface area (Å²) in [4.78, 5) is 61.3. The topological polar surface area (TPSA) is 150 Å². The van der Waals surface area contributed by atoms with Gasteiger partial charge >= 0.3 is 17.9 Å². The van der Waals surface area contributed by atoms with Gasteiger partial charge in [-0.3, -0.25) is 24.2 Å². The number of thioether (sulfide) groups is 1. The zero-order valence-electron chi connectivity index (χ0n) is 15.5. The van der Waals surface area contributed by atoms with Crippen molar-refractivity contribution in [2.24, 2.45) is 0 Å². The number of esters is 3. The van der Waals surface area contributed by atoms with Gasteiger partial charge in [-0.25, -0.2) is 15.0 Å². The molecule has 0 fully saturated rings. The number of aromatic nitrogens is 4. The molecule has 1 N–H and O–H groups in total. The van der Waals surface area contributed by atoms with Gasteiger partial charge in [0.05, 0.1) is 6.20 Å². The van der Waals surface area contributed by atoms with Gasteiger partial charge in [-0.05, 0) is 6.26 Å². The van der Waals surface area contributed by atoms with E-state index in [0.29, 0.717) is 5.16 Å². The van der Waals surface area contributed by atoms with Crippen molar-refractivity contribution >= 4 is 40.8 Å². The number of H-pyrrole nitrogens is 1. The maximum absolute atomic E-state index is 12.2. The van der Waals surface area contributed by atoms with Crippen molar-refractivity contribution in [2.75, 3.05) is 12.9 Å². The lowest BCUT2D eigenvalue weighted by Crippen LogP contribution is -2.33. The van der Waals surface area contributed by atoms with Gasteiger partial charge in [0, 0.05) is 20.8 Å². The highest BCUT2D eigenvalue weighted by Crippen LogP contribution is 2.24. The Bertz CT molecular complexity index is 962. The normalized spacial score (nSPS) is 12.9. The Morgan fingerprint density at radius 2 is 1.79 bits per heavy atom. The van der Waals surface area contributed by atoms with Crippen molar-refractivity contribution in [3.05, 3.63) is 22.2 Å². The van der Waals surface area contributed by atoms with Gasteiger partial charge in [-0.1, -0.05) is 11.8 Å². The summed E-state index contributed by atoms with van der Waals surface area (Å²) in [5.41, 5.74) is -0.483. The zero-order valence-corrected chi connectivity index (χ0v) is 16.4. The van der Waals surface area contributed by atoms with Crippen LogP contribution in [-0.4, -0.2) is 56.8 Å². The summed E-state index contributed by atoms with van der Waals surface area (Å²) in [7, 11) is 0. The number of carbonyl (C=O) groups is 3. The van der Waals surface area contributed by atoms with Gasteiger partial charge in [0.15, 0.2) is 28.5 Å². The number of hydrogen-bond acceptors (Lipinski definition) is 11. The van der Waals surface area contributed by atoms with E-state index in [9.17, 15) is 19.2 Å². The lowest BCUT2D eigenvalue weighted by atomic mass is 10.1. The maximum atomic E-state index is 12.2. The summed E-state index contributed by atoms with van der Waals surface area (Å²) in [5.74, 6) is -2.00. The number of nitrogens with one attached hydrogen (secondary N) is 1. The summed E-state index contributed by atoms with van der Waals surface area (Å²) in [5, 5.41) is 0.365. The Labute approximate surface area is 163 Å². The molecule has 0 spiro atoms. The fourth-order valence-electron chi connectivity index (χ4n) is 2.25. The maximum Gasteiger partial charge on any atom is 0.303 e. The highest BCUT2D eigenvalue weighted by molar-refractivity contribution is 7.98. The van der Waals surface area contributed by atoms with Gasteiger partial charge < -0.3 is 14.2 Å². The van der Waals surface area contributed by atoms with Gasteiger partial charge in [-0.15, -0.1) is 0 Å². The molecule has 12 heteroatoms. The molecule has 2 aromatic heterocycles. The number of aromatic amines is 1. The molecular weight excluding hydrogens is 392 g/mol. The fourth-order valence-corrected chi connectivity index (χ4v) is 2.62. The molecule has 150 valence electrons. The Kier molecular flexibility index (Phi) is 7.04. The van der Waals surface area contributed by atoms with Crippen LogP contribution in [0.4, 0.5) is 0 Å². The average molecular weight is 410 g/mol. The highest BCUT2D eigenvalue weighted by atomic mass is 32.2. The van der Waals surface area contributed by atoms with Crippen LogP contribution in [0.2, 0.25) is 0 Å². The third-order valence-corrected chi connectivity index (χ3v) is 3.88. The van der Waals surface area contributed by atoms with Crippen LogP contribution in [0.15, 0.2) is 16.1 Å². The fraction of sp³-hybridized carbons (Fsp3) is 0.438. The van der Waals surface area contributed by atoms with Gasteiger partial charge in [0.25, 0.3) is 5.56 Å². The SMILES string of the molecule is CSc1nc2ncc(C(OC(C)=O)C(COC(C)=O)OC(C)=O)nc2c(=O)[nH]1. The highest BCUT2D eigenvalue weighted by Gasteiger charge is 2.32. The number of hydrogen-bond donors (Lipinski definition) is 1. The number of carbonyl (C=O) groups excluding carboxylic acids is 3. The van der Waals surface area contributed by atoms with Crippen molar-refractivity contribution in [1.29, 1.82) is 0 Å². The molecule has 2 rings (SSSR count). The van der Waals surface area contributed by atoms with Crippen LogP contribution in [0.25, 0.3) is 11.2 Å². The smallest absolute Gasteiger partial charge is 0.303 e. The lowest BCUT2D eigenvalue weighted by Gasteiger charge is -2.25. The van der Waals surface area contributed by atoms with Crippen LogP contribution in [0.1, 0.15) is 32.6 Å². The molecule has 0 saturated carbocycles. The molecule has 2 heterocycles. The second-order valence-corrected chi connectivity index (χ2v) is 6.32. The van der Waals surface area contributed by atoms with E-state index in [1.807, 2.05) is 0 Å². The number of ether oxygens (including phenoxy) is 3. The minimum absolute atomic E-state index is 0.0327. The Balaban J connectivity index is 2.51. The summed E-state index contributed by atoms with van der Waals surface area (Å²) < 4.78 is 15.2. The number of rotatable bonds is 7. The summed E-state index contributed by atoms with van der Waals surface area (Å²) in [6.45, 7) is 3.09. The average Bonchev–Trinajstić information content (AvgIpc) is 2.62. The molecule has 28 heavy (non-hydrogen) atoms. The molecule has 2 unspecified atom stereocenters. The van der Waals surface area contributed by atoms with E-state index in [-0.39, 0.29) is 23.5 Å². The Morgan fingerprint density at radius 1 is 1.11 bits per heavy atom. The summed E-state index contributed by atoms with van der Waals surface area (Å²) in [6, 6.07) is 0. The van der Waals surface area contributed by atoms with Crippen molar-refractivity contribution in [1.82, 2.24) is 19.9 Å². The molecule has 0 bridgehead atoms. The quantitative estimate of drug-likeness (QED) is 0.295. The van der Waals surface area contributed by atoms with Gasteiger partial charge in [0.1, 0.15) is 12.3 Å². The van der Waals surface area contributed by atoms with E-state index in [4.69, 9.17) is 14.2 Å². The van der Waals surface area contributed by atoms with Crippen LogP contribution in [0.5, 0.6) is 0 Å². The summed E-state index contributed by atoms with van der Waals surface area (Å²) in [6.07, 6.45) is 0.546. The molecule has 0 aliphatic carbocycles. The molecule has 2 atom stereocenters. The number of fused-ring (bicyclic) bond motifs is 1. The van der Waals surface area contributed by atoms with Gasteiger partial charge in [0.2, 0.25) is 0 Å². The van der Waals surface area contributed by atoms with Crippen LogP contribution in [0.3, 0.4) is 0 Å². The van der Waals surface area contributed by atoms with Crippen LogP contribution in [0, 0.1) is 0 Å². The second-order valence-electron chi connectivity index (χ2n) is 5.52. The molecule has 0 amide bonds. The van der Waals surface area contributed by atoms with E-state index in [2.05, 4.69) is 19.9 Å². The largest absolute Gasteiger partial charge is 0.462 e. The lowest BCUT2D eigenvalue weighted by molar-refractivity contribution is -0.174. The van der Waals surface area contributed by atoms with E-state index in [1.165, 1.54) is 24.9 Å². The summed E-state index contributed by atoms with van der Waals surface area (Å²) >= 11 is 1.23. The first-order valence-corrected chi connectivity index (χ1v) is 9.22. The van der Waals surface area contributed by atoms with Crippen molar-refractivity contribution in [3.63, 3.8) is 0 Å². The van der Waals surface area contributed by atoms with Crippen LogP contribution >= 0.6 is 11.8 Å². The molecule has 0 saturated heterocycles. The molecule has 0 aromatic carbocycles. The van der Waals surface area contributed by atoms with E-state index >= 15 is 0 Å². The van der Waals surface area contributed by atoms with E-state index < -0.39 is 35.7 Å². The Hall–Kier alpha value is -3.02. The first-order valence-electron chi connectivity index (χ1n) is 8.00. The molecule has 0 aliphatic rings. The van der Waals surface area contributed by atoms with Crippen molar-refractivity contribution < 1.29 is 28.6 Å². The first-order chi connectivity index (χ1) is 13.2. The van der Waals surface area contributed by atoms with Gasteiger partial charge in [-0.2, -0.15) is 0 Å². The minimum Gasteiger partial charge on any atom is -0.462 e. The first kappa shape index (κ1) is 21.3. The van der Waals surface area contributed by atoms with Crippen LogP contribution < -0.4 is 5.56 Å². The Morgan fingerprint density at radius 3 is 2.36 bits per heavy atom. The molecule has 2 aromatic rings. The monoisotopic (exact) mass is 410 g/mol. The molecule has 0 radical (unpaired) electrons. The predicted octanol–water partition coefficient (Wildman–Crippen LogP) is 0.534. The standard InChI is InChI=1S/C16H18N4O7S/c1-7(21)25-6-11(26-8(2)22)13(27-9(3)23)10-5-17-14-12(18-10)15(24)20-16(19-14)28-4/h5,11,13H,6H2,1-4H3,(H,17,19,20,24). The van der Waals surface area contributed by atoms with Crippen molar-refractivity contribution in [2.45, 2.75) is 38.1 Å². The molecule has 11 nitrogen and oxygen atoms in total. The zero-order chi connectivity index (χ0) is 20.8. The second kappa shape index (κ2) is 9.26. The third kappa shape index (κ3) is 5.49. The van der Waals surface area contributed by atoms with Crippen molar-refractivity contribution in [3.8, 4) is 0 Å². The van der Waals surface area contributed by atoms with E-state index in [0.717, 1.165) is 13.8 Å². The predicted molar refractivity (Wildman–Crippen MR) is 96.4 cm³/mol. The molecule has 0 aliphatic heterocycles. The minimum atomic E-state index is -1.25.